The number of pyridine rings is 1. The highest BCUT2D eigenvalue weighted by Gasteiger charge is 2.25. The molecule has 3 aromatic heterocycles. The first-order valence-electron chi connectivity index (χ1n) is 13.3. The fourth-order valence-electron chi connectivity index (χ4n) is 4.46. The summed E-state index contributed by atoms with van der Waals surface area (Å²) in [5.74, 6) is 1.94. The number of aromatic nitrogens is 5. The smallest absolute Gasteiger partial charge is 0.410 e. The molecule has 1 aliphatic rings. The summed E-state index contributed by atoms with van der Waals surface area (Å²) in [6.45, 7) is 9.70. The van der Waals surface area contributed by atoms with Crippen molar-refractivity contribution in [2.24, 2.45) is 0 Å². The summed E-state index contributed by atoms with van der Waals surface area (Å²) in [6.07, 6.45) is 3.03. The van der Waals surface area contributed by atoms with E-state index in [-0.39, 0.29) is 12.7 Å². The lowest BCUT2D eigenvalue weighted by molar-refractivity contribution is 0.0139. The molecule has 4 heterocycles. The van der Waals surface area contributed by atoms with E-state index in [9.17, 15) is 4.79 Å². The number of hydrogen-bond donors (Lipinski definition) is 4. The minimum atomic E-state index is -0.490. The lowest BCUT2D eigenvalue weighted by Gasteiger charge is -2.35. The molecule has 0 spiro atoms. The second-order valence-electron chi connectivity index (χ2n) is 10.7. The van der Waals surface area contributed by atoms with Crippen molar-refractivity contribution >= 4 is 34.7 Å². The molecular formula is C28H35N9O3. The van der Waals surface area contributed by atoms with Gasteiger partial charge in [0.15, 0.2) is 0 Å². The van der Waals surface area contributed by atoms with Gasteiger partial charge in [-0.2, -0.15) is 0 Å². The van der Waals surface area contributed by atoms with E-state index in [2.05, 4.69) is 40.5 Å². The van der Waals surface area contributed by atoms with Gasteiger partial charge in [-0.05, 0) is 50.6 Å². The Balaban J connectivity index is 1.21. The van der Waals surface area contributed by atoms with Gasteiger partial charge in [0.25, 0.3) is 0 Å². The van der Waals surface area contributed by atoms with Gasteiger partial charge in [0, 0.05) is 57.1 Å². The predicted octanol–water partition coefficient (Wildman–Crippen LogP) is 3.62. The molecule has 40 heavy (non-hydrogen) atoms. The molecule has 1 aromatic carbocycles. The zero-order valence-electron chi connectivity index (χ0n) is 23.0. The van der Waals surface area contributed by atoms with E-state index in [1.807, 2.05) is 57.2 Å². The molecule has 0 bridgehead atoms. The van der Waals surface area contributed by atoms with Crippen molar-refractivity contribution in [1.29, 1.82) is 0 Å². The van der Waals surface area contributed by atoms with Crippen LogP contribution in [0.2, 0.25) is 0 Å². The van der Waals surface area contributed by atoms with Crippen LogP contribution >= 0.6 is 0 Å². The lowest BCUT2D eigenvalue weighted by atomic mass is 10.1. The monoisotopic (exact) mass is 545 g/mol. The number of piperazine rings is 1. The van der Waals surface area contributed by atoms with Crippen molar-refractivity contribution in [3.63, 3.8) is 0 Å². The van der Waals surface area contributed by atoms with Crippen LogP contribution in [0, 0.1) is 0 Å². The third-order valence-electron chi connectivity index (χ3n) is 6.36. The van der Waals surface area contributed by atoms with E-state index in [4.69, 9.17) is 9.84 Å². The number of fused-ring (bicyclic) bond motifs is 1. The molecule has 1 fully saturated rings. The quantitative estimate of drug-likeness (QED) is 0.259. The molecule has 0 radical (unpaired) electrons. The number of carbonyl (C=O) groups is 1. The van der Waals surface area contributed by atoms with Gasteiger partial charge < -0.3 is 30.4 Å². The fourth-order valence-corrected chi connectivity index (χ4v) is 4.46. The first-order valence-corrected chi connectivity index (χ1v) is 13.3. The minimum absolute atomic E-state index is 0.0276. The summed E-state index contributed by atoms with van der Waals surface area (Å²) >= 11 is 0. The molecule has 210 valence electrons. The number of aliphatic hydroxyl groups is 1. The Hall–Kier alpha value is -4.29. The lowest BCUT2D eigenvalue weighted by Crippen LogP contribution is -2.49. The molecule has 0 unspecified atom stereocenters. The summed E-state index contributed by atoms with van der Waals surface area (Å²) in [5.41, 5.74) is 4.00. The summed E-state index contributed by atoms with van der Waals surface area (Å²) in [6, 6.07) is 11.8. The highest BCUT2D eigenvalue weighted by molar-refractivity contribution is 5.83. The average molecular weight is 546 g/mol. The number of amides is 1. The molecule has 12 nitrogen and oxygen atoms in total. The van der Waals surface area contributed by atoms with Crippen LogP contribution in [0.5, 0.6) is 0 Å². The number of nitrogens with zero attached hydrogens (tertiary/aromatic N) is 6. The van der Waals surface area contributed by atoms with Gasteiger partial charge in [-0.3, -0.25) is 4.90 Å². The van der Waals surface area contributed by atoms with E-state index in [1.165, 1.54) is 6.33 Å². The van der Waals surface area contributed by atoms with Crippen molar-refractivity contribution in [2.45, 2.75) is 32.9 Å². The summed E-state index contributed by atoms with van der Waals surface area (Å²) < 4.78 is 5.50. The Kier molecular flexibility index (Phi) is 8.08. The number of benzene rings is 1. The highest BCUT2D eigenvalue weighted by atomic mass is 16.6. The van der Waals surface area contributed by atoms with Gasteiger partial charge in [0.05, 0.1) is 23.3 Å². The predicted molar refractivity (Wildman–Crippen MR) is 153 cm³/mol. The van der Waals surface area contributed by atoms with Crippen LogP contribution in [0.1, 0.15) is 26.3 Å². The topological polar surface area (TPSA) is 144 Å². The Morgan fingerprint density at radius 3 is 2.65 bits per heavy atom. The second-order valence-corrected chi connectivity index (χ2v) is 10.7. The summed E-state index contributed by atoms with van der Waals surface area (Å²) in [4.78, 5) is 37.4. The molecule has 1 saturated heterocycles. The highest BCUT2D eigenvalue weighted by Crippen LogP contribution is 2.25. The maximum atomic E-state index is 12.3. The van der Waals surface area contributed by atoms with Crippen molar-refractivity contribution < 1.29 is 14.6 Å². The van der Waals surface area contributed by atoms with Gasteiger partial charge >= 0.3 is 6.09 Å². The Labute approximate surface area is 232 Å². The first kappa shape index (κ1) is 27.3. The van der Waals surface area contributed by atoms with E-state index >= 15 is 0 Å². The van der Waals surface area contributed by atoms with Crippen LogP contribution in [0.15, 0.2) is 48.9 Å². The fraction of sp³-hybridized carbons (Fsp3) is 0.393. The standard InChI is InChI=1S/C28H35N9O3/c1-28(2,3)40-27(39)37-11-9-36(10-12-37)17-19-6-7-29-25(14-19)35-26-33-21-5-4-20(15-23(21)34-26)22-16-24(30-8-13-38)32-18-31-22/h4-7,14-16,18,38H,8-13,17H2,1-3H3,(H,30,31,32)(H2,29,33,34,35). The average Bonchev–Trinajstić information content (AvgIpc) is 3.33. The Morgan fingerprint density at radius 2 is 1.88 bits per heavy atom. The number of aliphatic hydroxyl groups excluding tert-OH is 1. The molecule has 0 atom stereocenters. The first-order chi connectivity index (χ1) is 19.3. The Bertz CT molecular complexity index is 1460. The van der Waals surface area contributed by atoms with Crippen LogP contribution in [0.4, 0.5) is 22.4 Å². The molecule has 0 saturated carbocycles. The van der Waals surface area contributed by atoms with E-state index in [0.29, 0.717) is 37.2 Å². The number of carbonyl (C=O) groups excluding carboxylic acids is 1. The number of anilines is 3. The second kappa shape index (κ2) is 11.8. The number of hydrogen-bond acceptors (Lipinski definition) is 10. The molecule has 5 rings (SSSR count). The zero-order chi connectivity index (χ0) is 28.1. The van der Waals surface area contributed by atoms with Gasteiger partial charge in [-0.15, -0.1) is 0 Å². The van der Waals surface area contributed by atoms with E-state index in [1.54, 1.807) is 11.1 Å². The number of imidazole rings is 1. The van der Waals surface area contributed by atoms with Crippen molar-refractivity contribution in [3.8, 4) is 11.3 Å². The third kappa shape index (κ3) is 7.01. The minimum Gasteiger partial charge on any atom is -0.444 e. The third-order valence-corrected chi connectivity index (χ3v) is 6.36. The molecular weight excluding hydrogens is 510 g/mol. The number of rotatable bonds is 8. The van der Waals surface area contributed by atoms with Crippen molar-refractivity contribution in [2.75, 3.05) is 50.0 Å². The van der Waals surface area contributed by atoms with Crippen LogP contribution in [0.3, 0.4) is 0 Å². The van der Waals surface area contributed by atoms with Crippen molar-refractivity contribution in [1.82, 2.24) is 34.7 Å². The van der Waals surface area contributed by atoms with Gasteiger partial charge in [-0.1, -0.05) is 6.07 Å². The van der Waals surface area contributed by atoms with Gasteiger partial charge in [0.2, 0.25) is 5.95 Å². The number of nitrogens with one attached hydrogen (secondary N) is 3. The zero-order valence-corrected chi connectivity index (χ0v) is 23.0. The Morgan fingerprint density at radius 1 is 1.05 bits per heavy atom. The van der Waals surface area contributed by atoms with Crippen LogP contribution in [0.25, 0.3) is 22.3 Å². The van der Waals surface area contributed by atoms with Crippen molar-refractivity contribution in [3.05, 3.63) is 54.5 Å². The van der Waals surface area contributed by atoms with E-state index < -0.39 is 5.60 Å². The number of ether oxygens (including phenoxy) is 1. The maximum absolute atomic E-state index is 12.3. The van der Waals surface area contributed by atoms with E-state index in [0.717, 1.165) is 47.5 Å². The molecule has 1 amide bonds. The number of H-pyrrole nitrogens is 1. The summed E-state index contributed by atoms with van der Waals surface area (Å²) in [5, 5.41) is 15.4. The van der Waals surface area contributed by atoms with Gasteiger partial charge in [-0.25, -0.2) is 24.7 Å². The van der Waals surface area contributed by atoms with Crippen LogP contribution in [-0.2, 0) is 11.3 Å². The molecule has 1 aliphatic heterocycles. The molecule has 0 aliphatic carbocycles. The normalized spacial score (nSPS) is 14.3. The molecule has 4 aromatic rings. The summed E-state index contributed by atoms with van der Waals surface area (Å²) in [7, 11) is 0. The maximum Gasteiger partial charge on any atom is 0.410 e. The van der Waals surface area contributed by atoms with Crippen LogP contribution < -0.4 is 10.6 Å². The number of aromatic amines is 1. The molecule has 12 heteroatoms. The van der Waals surface area contributed by atoms with Crippen LogP contribution in [-0.4, -0.2) is 90.9 Å². The SMILES string of the molecule is CC(C)(C)OC(=O)N1CCN(Cc2ccnc(Nc3nc4ccc(-c5cc(NCCO)ncn5)cc4[nH]3)c2)CC1. The van der Waals surface area contributed by atoms with Gasteiger partial charge in [0.1, 0.15) is 23.6 Å². The largest absolute Gasteiger partial charge is 0.444 e. The molecule has 4 N–H and O–H groups in total.